The zero-order valence-electron chi connectivity index (χ0n) is 11.5. The van der Waals surface area contributed by atoms with Crippen molar-refractivity contribution in [2.75, 3.05) is 13.2 Å². The van der Waals surface area contributed by atoms with Crippen LogP contribution < -0.4 is 0 Å². The summed E-state index contributed by atoms with van der Waals surface area (Å²) in [6, 6.07) is 10.2. The molecule has 0 amide bonds. The van der Waals surface area contributed by atoms with Crippen molar-refractivity contribution in [3.63, 3.8) is 0 Å². The van der Waals surface area contributed by atoms with Gasteiger partial charge in [-0.25, -0.2) is 4.79 Å². The van der Waals surface area contributed by atoms with Crippen LogP contribution in [0, 0.1) is 5.41 Å². The molecule has 0 N–H and O–H groups in total. The number of carbonyl (C=O) groups is 1. The quantitative estimate of drug-likeness (QED) is 0.603. The predicted octanol–water partition coefficient (Wildman–Crippen LogP) is 2.75. The van der Waals surface area contributed by atoms with Crippen LogP contribution in [-0.2, 0) is 20.7 Å². The van der Waals surface area contributed by atoms with E-state index in [0.717, 1.165) is 6.42 Å². The summed E-state index contributed by atoms with van der Waals surface area (Å²) in [7, 11) is 0. The summed E-state index contributed by atoms with van der Waals surface area (Å²) in [5, 5.41) is 0. The van der Waals surface area contributed by atoms with Crippen molar-refractivity contribution >= 4 is 5.97 Å². The van der Waals surface area contributed by atoms with Gasteiger partial charge in [-0.15, -0.1) is 0 Å². The molecule has 0 aliphatic carbocycles. The molecule has 1 saturated heterocycles. The van der Waals surface area contributed by atoms with Crippen molar-refractivity contribution in [3.8, 4) is 0 Å². The van der Waals surface area contributed by atoms with E-state index in [2.05, 4.69) is 18.7 Å². The Morgan fingerprint density at radius 2 is 2.05 bits per heavy atom. The molecule has 1 aliphatic heterocycles. The first-order valence-electron chi connectivity index (χ1n) is 6.52. The van der Waals surface area contributed by atoms with Crippen molar-refractivity contribution in [1.29, 1.82) is 0 Å². The minimum atomic E-state index is -0.327. The average molecular weight is 260 g/mol. The molecule has 0 radical (unpaired) electrons. The molecule has 0 aromatic heterocycles. The third-order valence-electron chi connectivity index (χ3n) is 3.67. The van der Waals surface area contributed by atoms with Gasteiger partial charge >= 0.3 is 5.97 Å². The van der Waals surface area contributed by atoms with E-state index in [1.165, 1.54) is 5.56 Å². The molecule has 102 valence electrons. The lowest BCUT2D eigenvalue weighted by Gasteiger charge is -2.45. The third kappa shape index (κ3) is 3.04. The molecule has 1 atom stereocenters. The van der Waals surface area contributed by atoms with Crippen LogP contribution in [0.3, 0.4) is 0 Å². The van der Waals surface area contributed by atoms with E-state index >= 15 is 0 Å². The van der Waals surface area contributed by atoms with Crippen LogP contribution in [0.2, 0.25) is 0 Å². The Balaban J connectivity index is 2.05. The summed E-state index contributed by atoms with van der Waals surface area (Å²) in [6.45, 7) is 8.47. The van der Waals surface area contributed by atoms with Crippen molar-refractivity contribution < 1.29 is 14.3 Å². The predicted molar refractivity (Wildman–Crippen MR) is 73.8 cm³/mol. The lowest BCUT2D eigenvalue weighted by atomic mass is 9.75. The third-order valence-corrected chi connectivity index (χ3v) is 3.67. The smallest absolute Gasteiger partial charge is 0.333 e. The fourth-order valence-corrected chi connectivity index (χ4v) is 2.23. The maximum absolute atomic E-state index is 11.6. The summed E-state index contributed by atoms with van der Waals surface area (Å²) in [5.41, 5.74) is 1.57. The number of esters is 1. The first-order chi connectivity index (χ1) is 9.03. The van der Waals surface area contributed by atoms with Gasteiger partial charge in [0.05, 0.1) is 18.6 Å². The highest BCUT2D eigenvalue weighted by Crippen LogP contribution is 2.37. The number of hydrogen-bond donors (Lipinski definition) is 0. The molecule has 1 heterocycles. The Bertz CT molecular complexity index is 460. The molecule has 0 saturated carbocycles. The molecule has 0 bridgehead atoms. The highest BCUT2D eigenvalue weighted by Gasteiger charge is 2.45. The van der Waals surface area contributed by atoms with Crippen molar-refractivity contribution in [2.24, 2.45) is 5.41 Å². The van der Waals surface area contributed by atoms with Gasteiger partial charge in [0.2, 0.25) is 0 Å². The molecule has 19 heavy (non-hydrogen) atoms. The van der Waals surface area contributed by atoms with E-state index < -0.39 is 0 Å². The number of carbonyl (C=O) groups excluding carboxylic acids is 1. The second-order valence-corrected chi connectivity index (χ2v) is 5.35. The summed E-state index contributed by atoms with van der Waals surface area (Å²) >= 11 is 0. The van der Waals surface area contributed by atoms with Crippen molar-refractivity contribution in [1.82, 2.24) is 0 Å². The summed E-state index contributed by atoms with van der Waals surface area (Å²) < 4.78 is 10.8. The van der Waals surface area contributed by atoms with Crippen molar-refractivity contribution in [3.05, 3.63) is 48.0 Å². The monoisotopic (exact) mass is 260 g/mol. The van der Waals surface area contributed by atoms with E-state index in [-0.39, 0.29) is 17.5 Å². The van der Waals surface area contributed by atoms with Crippen LogP contribution in [0.25, 0.3) is 0 Å². The molecule has 3 nitrogen and oxygen atoms in total. The molecule has 1 unspecified atom stereocenters. The Morgan fingerprint density at radius 3 is 2.53 bits per heavy atom. The second kappa shape index (κ2) is 5.57. The van der Waals surface area contributed by atoms with Crippen LogP contribution >= 0.6 is 0 Å². The maximum atomic E-state index is 11.6. The summed E-state index contributed by atoms with van der Waals surface area (Å²) in [6.07, 6.45) is 0.684. The van der Waals surface area contributed by atoms with Crippen molar-refractivity contribution in [2.45, 2.75) is 26.4 Å². The largest absolute Gasteiger partial charge is 0.459 e. The summed E-state index contributed by atoms with van der Waals surface area (Å²) in [4.78, 5) is 11.6. The van der Waals surface area contributed by atoms with Gasteiger partial charge in [0.25, 0.3) is 0 Å². The molecule has 0 spiro atoms. The Hall–Kier alpha value is -1.61. The molecule has 1 aromatic rings. The van der Waals surface area contributed by atoms with Gasteiger partial charge in [0, 0.05) is 5.57 Å². The van der Waals surface area contributed by atoms with Crippen LogP contribution in [0.15, 0.2) is 42.5 Å². The van der Waals surface area contributed by atoms with Gasteiger partial charge in [-0.05, 0) is 25.8 Å². The molecule has 3 heteroatoms. The van der Waals surface area contributed by atoms with Crippen LogP contribution in [0.1, 0.15) is 19.4 Å². The Morgan fingerprint density at radius 1 is 1.42 bits per heavy atom. The van der Waals surface area contributed by atoms with E-state index in [0.29, 0.717) is 18.8 Å². The fraction of sp³-hybridized carbons (Fsp3) is 0.438. The topological polar surface area (TPSA) is 35.5 Å². The maximum Gasteiger partial charge on any atom is 0.333 e. The Labute approximate surface area is 114 Å². The van der Waals surface area contributed by atoms with Crippen LogP contribution in [0.4, 0.5) is 0 Å². The fourth-order valence-electron chi connectivity index (χ4n) is 2.23. The highest BCUT2D eigenvalue weighted by atomic mass is 16.6. The van der Waals surface area contributed by atoms with Gasteiger partial charge in [-0.1, -0.05) is 36.9 Å². The lowest BCUT2D eigenvalue weighted by Crippen LogP contribution is -2.53. The first kappa shape index (κ1) is 13.8. The highest BCUT2D eigenvalue weighted by molar-refractivity contribution is 5.87. The normalized spacial score (nSPS) is 18.2. The van der Waals surface area contributed by atoms with Gasteiger partial charge in [-0.2, -0.15) is 0 Å². The van der Waals surface area contributed by atoms with E-state index in [4.69, 9.17) is 9.47 Å². The van der Waals surface area contributed by atoms with E-state index in [1.807, 2.05) is 25.1 Å². The van der Waals surface area contributed by atoms with E-state index in [1.54, 1.807) is 6.92 Å². The first-order valence-corrected chi connectivity index (χ1v) is 6.52. The molecule has 1 aromatic carbocycles. The SMILES string of the molecule is C=C(C)C(=O)OC(C)C1(Cc2ccccc2)COC1. The van der Waals surface area contributed by atoms with E-state index in [9.17, 15) is 4.79 Å². The number of ether oxygens (including phenoxy) is 2. The Kier molecular flexibility index (Phi) is 4.05. The molecular weight excluding hydrogens is 240 g/mol. The van der Waals surface area contributed by atoms with Gasteiger partial charge in [0.15, 0.2) is 0 Å². The average Bonchev–Trinajstić information content (AvgIpc) is 2.34. The summed E-state index contributed by atoms with van der Waals surface area (Å²) in [5.74, 6) is -0.327. The standard InChI is InChI=1S/C16H20O3/c1-12(2)15(17)19-13(3)16(10-18-11-16)9-14-7-5-4-6-8-14/h4-8,13H,1,9-11H2,2-3H3. The number of rotatable bonds is 5. The second-order valence-electron chi connectivity index (χ2n) is 5.35. The van der Waals surface area contributed by atoms with Gasteiger partial charge in [0.1, 0.15) is 6.10 Å². The van der Waals surface area contributed by atoms with Gasteiger partial charge in [-0.3, -0.25) is 0 Å². The molecule has 1 fully saturated rings. The lowest BCUT2D eigenvalue weighted by molar-refractivity contribution is -0.188. The minimum absolute atomic E-state index is 0.105. The number of benzene rings is 1. The van der Waals surface area contributed by atoms with Gasteiger partial charge < -0.3 is 9.47 Å². The zero-order chi connectivity index (χ0) is 13.9. The number of hydrogen-bond acceptors (Lipinski definition) is 3. The minimum Gasteiger partial charge on any atom is -0.459 e. The molecule has 1 aliphatic rings. The van der Waals surface area contributed by atoms with Crippen LogP contribution in [0.5, 0.6) is 0 Å². The molecule has 2 rings (SSSR count). The molecular formula is C16H20O3. The van der Waals surface area contributed by atoms with Crippen LogP contribution in [-0.4, -0.2) is 25.3 Å². The zero-order valence-corrected chi connectivity index (χ0v) is 11.5.